The number of hydrogen-bond donors (Lipinski definition) is 2. The summed E-state index contributed by atoms with van der Waals surface area (Å²) in [5.74, 6) is -6.67. The fourth-order valence-electron chi connectivity index (χ4n) is 3.50. The van der Waals surface area contributed by atoms with Crippen molar-refractivity contribution in [1.82, 2.24) is 20.1 Å². The largest absolute Gasteiger partial charge is 0.507 e. The van der Waals surface area contributed by atoms with Crippen LogP contribution in [0.1, 0.15) is 11.1 Å². The lowest BCUT2D eigenvalue weighted by atomic mass is 10.00. The molecule has 0 unspecified atom stereocenters. The molecule has 0 radical (unpaired) electrons. The number of aryl methyl sites for hydroxylation is 1. The van der Waals surface area contributed by atoms with Gasteiger partial charge >= 0.3 is 12.1 Å². The minimum Gasteiger partial charge on any atom is -0.507 e. The van der Waals surface area contributed by atoms with E-state index >= 15 is 0 Å². The van der Waals surface area contributed by atoms with E-state index in [9.17, 15) is 31.9 Å². The average molecular weight is 426 g/mol. The number of hydrogen-bond acceptors (Lipinski definition) is 4. The molecule has 0 bridgehead atoms. The fraction of sp³-hybridized carbons (Fsp3) is 0.316. The van der Waals surface area contributed by atoms with Gasteiger partial charge in [0.15, 0.2) is 5.65 Å². The number of benzene rings is 1. The molecule has 1 aromatic carbocycles. The number of alkyl halides is 5. The first kappa shape index (κ1) is 20.0. The highest BCUT2D eigenvalue weighted by atomic mass is 19.4. The number of carbonyl (C=O) groups excluding carboxylic acids is 1. The molecule has 2 aromatic heterocycles. The number of phenolic OH excluding ortho intramolecular Hbond substituents is 1. The van der Waals surface area contributed by atoms with Crippen LogP contribution in [0.4, 0.5) is 22.0 Å². The van der Waals surface area contributed by atoms with Crippen LogP contribution in [0.3, 0.4) is 0 Å². The van der Waals surface area contributed by atoms with Crippen LogP contribution >= 0.6 is 0 Å². The number of aromatic hydroxyl groups is 1. The normalized spacial score (nSPS) is 18.7. The molecule has 4 rings (SSSR count). The first-order valence-corrected chi connectivity index (χ1v) is 8.88. The van der Waals surface area contributed by atoms with Crippen molar-refractivity contribution in [3.8, 4) is 17.0 Å². The Morgan fingerprint density at radius 2 is 2.03 bits per heavy atom. The number of fused-ring (bicyclic) bond motifs is 1. The zero-order valence-corrected chi connectivity index (χ0v) is 15.5. The molecular weight excluding hydrogens is 411 g/mol. The van der Waals surface area contributed by atoms with Crippen LogP contribution in [0.25, 0.3) is 22.3 Å². The Morgan fingerprint density at radius 1 is 1.30 bits per heavy atom. The standard InChI is InChI=1S/C19H15F5N4O2/c1-9-4-11(19(22,23)24)5-14(29)15(9)13-3-2-10-7-28(27-16(10)26-13)8-12-6-25-17(30)18(12,20)21/h2-5,7,12,29H,6,8H2,1H3,(H,25,30)/t12-/m0/s1. The second-order valence-electron chi connectivity index (χ2n) is 7.18. The lowest BCUT2D eigenvalue weighted by Gasteiger charge is -2.15. The molecule has 1 fully saturated rings. The van der Waals surface area contributed by atoms with Crippen molar-refractivity contribution >= 4 is 16.9 Å². The molecule has 2 N–H and O–H groups in total. The summed E-state index contributed by atoms with van der Waals surface area (Å²) in [7, 11) is 0. The quantitative estimate of drug-likeness (QED) is 0.629. The third kappa shape index (κ3) is 3.33. The van der Waals surface area contributed by atoms with E-state index in [0.29, 0.717) is 11.5 Å². The molecular formula is C19H15F5N4O2. The molecule has 0 aliphatic carbocycles. The van der Waals surface area contributed by atoms with Crippen LogP contribution in [-0.2, 0) is 17.5 Å². The topological polar surface area (TPSA) is 80.0 Å². The highest BCUT2D eigenvalue weighted by molar-refractivity contribution is 5.86. The molecule has 1 amide bonds. The van der Waals surface area contributed by atoms with Crippen molar-refractivity contribution < 1.29 is 31.9 Å². The van der Waals surface area contributed by atoms with E-state index in [1.807, 2.05) is 0 Å². The number of aromatic nitrogens is 3. The molecule has 158 valence electrons. The number of rotatable bonds is 3. The predicted octanol–water partition coefficient (Wildman–Crippen LogP) is 3.51. The van der Waals surface area contributed by atoms with Crippen molar-refractivity contribution in [2.24, 2.45) is 5.92 Å². The van der Waals surface area contributed by atoms with Gasteiger partial charge in [0, 0.05) is 23.7 Å². The monoisotopic (exact) mass is 426 g/mol. The van der Waals surface area contributed by atoms with Gasteiger partial charge in [-0.3, -0.25) is 9.48 Å². The second-order valence-corrected chi connectivity index (χ2v) is 7.18. The van der Waals surface area contributed by atoms with E-state index in [4.69, 9.17) is 0 Å². The van der Waals surface area contributed by atoms with Crippen molar-refractivity contribution in [2.75, 3.05) is 6.54 Å². The van der Waals surface area contributed by atoms with Gasteiger partial charge in [-0.15, -0.1) is 0 Å². The summed E-state index contributed by atoms with van der Waals surface area (Å²) in [5, 5.41) is 16.9. The highest BCUT2D eigenvalue weighted by Crippen LogP contribution is 2.39. The van der Waals surface area contributed by atoms with Gasteiger partial charge in [-0.2, -0.15) is 27.1 Å². The maximum absolute atomic E-state index is 13.9. The van der Waals surface area contributed by atoms with Gasteiger partial charge < -0.3 is 10.4 Å². The first-order valence-electron chi connectivity index (χ1n) is 8.88. The van der Waals surface area contributed by atoms with Gasteiger partial charge in [-0.25, -0.2) is 4.98 Å². The smallest absolute Gasteiger partial charge is 0.416 e. The fourth-order valence-corrected chi connectivity index (χ4v) is 3.50. The van der Waals surface area contributed by atoms with Gasteiger partial charge in [-0.05, 0) is 36.8 Å². The van der Waals surface area contributed by atoms with E-state index in [2.05, 4.69) is 15.4 Å². The predicted molar refractivity (Wildman–Crippen MR) is 95.8 cm³/mol. The number of amides is 1. The zero-order valence-electron chi connectivity index (χ0n) is 15.5. The summed E-state index contributed by atoms with van der Waals surface area (Å²) in [4.78, 5) is 15.5. The molecule has 11 heteroatoms. The van der Waals surface area contributed by atoms with Crippen LogP contribution < -0.4 is 5.32 Å². The Bertz CT molecular complexity index is 1130. The highest BCUT2D eigenvalue weighted by Gasteiger charge is 2.52. The number of nitrogens with zero attached hydrogens (tertiary/aromatic N) is 3. The summed E-state index contributed by atoms with van der Waals surface area (Å²) in [6.45, 7) is 1.02. The second kappa shape index (κ2) is 6.64. The van der Waals surface area contributed by atoms with Crippen LogP contribution in [-0.4, -0.2) is 38.2 Å². The molecule has 1 atom stereocenters. The van der Waals surface area contributed by atoms with E-state index < -0.39 is 35.2 Å². The Morgan fingerprint density at radius 3 is 2.63 bits per heavy atom. The Kier molecular flexibility index (Phi) is 4.44. The number of carbonyl (C=O) groups is 1. The van der Waals surface area contributed by atoms with E-state index in [1.54, 1.807) is 6.07 Å². The van der Waals surface area contributed by atoms with Crippen LogP contribution in [0.2, 0.25) is 0 Å². The maximum atomic E-state index is 13.9. The Balaban J connectivity index is 1.68. The number of nitrogens with one attached hydrogen (secondary N) is 1. The average Bonchev–Trinajstić information content (AvgIpc) is 3.15. The van der Waals surface area contributed by atoms with Crippen molar-refractivity contribution in [2.45, 2.75) is 25.6 Å². The maximum Gasteiger partial charge on any atom is 0.416 e. The summed E-state index contributed by atoms with van der Waals surface area (Å²) in [6.07, 6.45) is -3.11. The van der Waals surface area contributed by atoms with Crippen molar-refractivity contribution in [3.63, 3.8) is 0 Å². The zero-order chi connectivity index (χ0) is 21.8. The molecule has 30 heavy (non-hydrogen) atoms. The minimum atomic E-state index is -4.60. The molecule has 1 aliphatic rings. The molecule has 0 spiro atoms. The summed E-state index contributed by atoms with van der Waals surface area (Å²) in [6, 6.07) is 4.61. The minimum absolute atomic E-state index is 0.122. The molecule has 1 saturated heterocycles. The lowest BCUT2D eigenvalue weighted by Crippen LogP contribution is -2.34. The van der Waals surface area contributed by atoms with Crippen LogP contribution in [0.5, 0.6) is 5.75 Å². The molecule has 6 nitrogen and oxygen atoms in total. The Hall–Kier alpha value is -3.24. The van der Waals surface area contributed by atoms with Crippen molar-refractivity contribution in [3.05, 3.63) is 41.6 Å². The molecule has 3 aromatic rings. The van der Waals surface area contributed by atoms with E-state index in [1.165, 1.54) is 23.9 Å². The number of pyridine rings is 1. The third-order valence-corrected chi connectivity index (χ3v) is 5.05. The van der Waals surface area contributed by atoms with Crippen LogP contribution in [0.15, 0.2) is 30.5 Å². The first-order chi connectivity index (χ1) is 14.0. The van der Waals surface area contributed by atoms with Crippen molar-refractivity contribution in [1.29, 1.82) is 0 Å². The molecule has 3 heterocycles. The Labute approximate surface area is 166 Å². The van der Waals surface area contributed by atoms with Gasteiger partial charge in [0.25, 0.3) is 5.91 Å². The van der Waals surface area contributed by atoms with Gasteiger partial charge in [0.2, 0.25) is 0 Å². The van der Waals surface area contributed by atoms with E-state index in [0.717, 1.165) is 6.07 Å². The third-order valence-electron chi connectivity index (χ3n) is 5.05. The summed E-state index contributed by atoms with van der Waals surface area (Å²) < 4.78 is 67.7. The number of halogens is 5. The molecule has 1 aliphatic heterocycles. The molecule has 0 saturated carbocycles. The lowest BCUT2D eigenvalue weighted by molar-refractivity contribution is -0.145. The SMILES string of the molecule is Cc1cc(C(F)(F)F)cc(O)c1-c1ccc2cn(C[C@@H]3CNC(=O)C3(F)F)nc2n1. The number of phenols is 1. The van der Waals surface area contributed by atoms with Gasteiger partial charge in [0.05, 0.1) is 23.7 Å². The summed E-state index contributed by atoms with van der Waals surface area (Å²) in [5.41, 5.74) is -0.320. The van der Waals surface area contributed by atoms with Crippen LogP contribution in [0, 0.1) is 12.8 Å². The van der Waals surface area contributed by atoms with Gasteiger partial charge in [-0.1, -0.05) is 0 Å². The van der Waals surface area contributed by atoms with E-state index in [-0.39, 0.29) is 35.6 Å². The van der Waals surface area contributed by atoms with Gasteiger partial charge in [0.1, 0.15) is 5.75 Å². The summed E-state index contributed by atoms with van der Waals surface area (Å²) >= 11 is 0.